The van der Waals surface area contributed by atoms with Crippen molar-refractivity contribution in [2.45, 2.75) is 37.3 Å². The summed E-state index contributed by atoms with van der Waals surface area (Å²) in [4.78, 5) is 14.5. The predicted molar refractivity (Wildman–Crippen MR) is 96.5 cm³/mol. The molecular formula is C21H23FN2O. The second kappa shape index (κ2) is 6.26. The maximum Gasteiger partial charge on any atom is 0.242 e. The van der Waals surface area contributed by atoms with Crippen LogP contribution in [0.5, 0.6) is 0 Å². The van der Waals surface area contributed by atoms with E-state index in [0.717, 1.165) is 43.4 Å². The van der Waals surface area contributed by atoms with E-state index < -0.39 is 5.54 Å². The highest BCUT2D eigenvalue weighted by Crippen LogP contribution is 2.39. The summed E-state index contributed by atoms with van der Waals surface area (Å²) < 4.78 is 14.1. The van der Waals surface area contributed by atoms with Crippen molar-refractivity contribution in [3.05, 3.63) is 59.9 Å². The molecule has 4 rings (SSSR count). The lowest BCUT2D eigenvalue weighted by atomic mass is 9.87. The van der Waals surface area contributed by atoms with Gasteiger partial charge in [-0.05, 0) is 48.9 Å². The van der Waals surface area contributed by atoms with Crippen LogP contribution in [-0.2, 0) is 4.79 Å². The molecule has 2 aromatic rings. The van der Waals surface area contributed by atoms with Crippen molar-refractivity contribution in [1.29, 1.82) is 0 Å². The summed E-state index contributed by atoms with van der Waals surface area (Å²) in [6.07, 6.45) is 3.74. The molecular weight excluding hydrogens is 315 g/mol. The molecule has 0 aliphatic carbocycles. The van der Waals surface area contributed by atoms with Gasteiger partial charge in [0.1, 0.15) is 5.82 Å². The Morgan fingerprint density at radius 1 is 1.16 bits per heavy atom. The first-order chi connectivity index (χ1) is 12.1. The molecule has 1 N–H and O–H groups in total. The molecule has 2 fully saturated rings. The molecule has 0 unspecified atom stereocenters. The van der Waals surface area contributed by atoms with Crippen molar-refractivity contribution < 1.29 is 9.18 Å². The highest BCUT2D eigenvalue weighted by atomic mass is 19.1. The van der Waals surface area contributed by atoms with E-state index >= 15 is 0 Å². The van der Waals surface area contributed by atoms with Crippen LogP contribution in [0.2, 0.25) is 0 Å². The number of hydrogen-bond donors (Lipinski definition) is 1. The van der Waals surface area contributed by atoms with Gasteiger partial charge in [-0.15, -0.1) is 0 Å². The lowest BCUT2D eigenvalue weighted by molar-refractivity contribution is -0.139. The Balaban J connectivity index is 1.61. The van der Waals surface area contributed by atoms with Gasteiger partial charge in [-0.2, -0.15) is 0 Å². The predicted octanol–water partition coefficient (Wildman–Crippen LogP) is 3.91. The Kier molecular flexibility index (Phi) is 4.08. The fourth-order valence-corrected chi connectivity index (χ4v) is 4.29. The fourth-order valence-electron chi connectivity index (χ4n) is 4.29. The van der Waals surface area contributed by atoms with Crippen LogP contribution in [0.1, 0.15) is 37.3 Å². The minimum atomic E-state index is -0.411. The lowest BCUT2D eigenvalue weighted by Crippen LogP contribution is -2.57. The standard InChI is InChI=1S/C21H23FN2O/c1-24-13-5-11-21(20(24)25)12-10-19(23-21)16-7-4-6-15(14-16)17-8-2-3-9-18(17)22/h2-4,6-9,14,19,23H,5,10-13H2,1H3/t19-,21+/m0/s1. The van der Waals surface area contributed by atoms with Crippen LogP contribution >= 0.6 is 0 Å². The van der Waals surface area contributed by atoms with Gasteiger partial charge in [0.25, 0.3) is 0 Å². The van der Waals surface area contributed by atoms with E-state index in [2.05, 4.69) is 11.4 Å². The molecule has 0 radical (unpaired) electrons. The molecule has 2 atom stereocenters. The van der Waals surface area contributed by atoms with Gasteiger partial charge >= 0.3 is 0 Å². The van der Waals surface area contributed by atoms with Gasteiger partial charge in [0.2, 0.25) is 5.91 Å². The number of nitrogens with zero attached hydrogens (tertiary/aromatic N) is 1. The fraction of sp³-hybridized carbons (Fsp3) is 0.381. The second-order valence-electron chi connectivity index (χ2n) is 7.25. The summed E-state index contributed by atoms with van der Waals surface area (Å²) in [6, 6.07) is 15.0. The average molecular weight is 338 g/mol. The van der Waals surface area contributed by atoms with E-state index in [9.17, 15) is 9.18 Å². The average Bonchev–Trinajstić information content (AvgIpc) is 3.05. The van der Waals surface area contributed by atoms with Crippen molar-refractivity contribution in [3.8, 4) is 11.1 Å². The number of likely N-dealkylation sites (tertiary alicyclic amines) is 1. The molecule has 0 aromatic heterocycles. The maximum atomic E-state index is 14.1. The molecule has 2 aromatic carbocycles. The monoisotopic (exact) mass is 338 g/mol. The molecule has 2 aliphatic heterocycles. The normalized spacial score (nSPS) is 26.4. The van der Waals surface area contributed by atoms with E-state index in [4.69, 9.17) is 0 Å². The third-order valence-corrected chi connectivity index (χ3v) is 5.64. The summed E-state index contributed by atoms with van der Waals surface area (Å²) in [5, 5.41) is 3.61. The maximum absolute atomic E-state index is 14.1. The van der Waals surface area contributed by atoms with Gasteiger partial charge in [-0.3, -0.25) is 10.1 Å². The Labute approximate surface area is 147 Å². The topological polar surface area (TPSA) is 32.3 Å². The summed E-state index contributed by atoms with van der Waals surface area (Å²) in [7, 11) is 1.89. The van der Waals surface area contributed by atoms with Crippen LogP contribution in [0.25, 0.3) is 11.1 Å². The molecule has 130 valence electrons. The number of amides is 1. The zero-order chi connectivity index (χ0) is 17.4. The van der Waals surface area contributed by atoms with Crippen molar-refractivity contribution in [2.75, 3.05) is 13.6 Å². The zero-order valence-corrected chi connectivity index (χ0v) is 14.5. The minimum Gasteiger partial charge on any atom is -0.344 e. The van der Waals surface area contributed by atoms with Gasteiger partial charge in [-0.25, -0.2) is 4.39 Å². The molecule has 0 saturated carbocycles. The molecule has 2 saturated heterocycles. The minimum absolute atomic E-state index is 0.141. The van der Waals surface area contributed by atoms with Crippen LogP contribution in [0.15, 0.2) is 48.5 Å². The van der Waals surface area contributed by atoms with Gasteiger partial charge < -0.3 is 4.90 Å². The van der Waals surface area contributed by atoms with E-state index in [1.165, 1.54) is 6.07 Å². The summed E-state index contributed by atoms with van der Waals surface area (Å²) in [5.74, 6) is 0.00564. The number of carbonyl (C=O) groups excluding carboxylic acids is 1. The molecule has 0 bridgehead atoms. The van der Waals surface area contributed by atoms with Crippen LogP contribution in [0.4, 0.5) is 4.39 Å². The number of nitrogens with one attached hydrogen (secondary N) is 1. The van der Waals surface area contributed by atoms with Crippen LogP contribution in [0.3, 0.4) is 0 Å². The highest BCUT2D eigenvalue weighted by molar-refractivity contribution is 5.87. The Bertz CT molecular complexity index is 806. The summed E-state index contributed by atoms with van der Waals surface area (Å²) in [6.45, 7) is 0.843. The second-order valence-corrected chi connectivity index (χ2v) is 7.25. The van der Waals surface area contributed by atoms with Crippen LogP contribution in [-0.4, -0.2) is 29.9 Å². The Morgan fingerprint density at radius 2 is 2.00 bits per heavy atom. The number of halogens is 1. The third-order valence-electron chi connectivity index (χ3n) is 5.64. The quantitative estimate of drug-likeness (QED) is 0.900. The van der Waals surface area contributed by atoms with E-state index in [1.54, 1.807) is 12.1 Å². The smallest absolute Gasteiger partial charge is 0.242 e. The number of carbonyl (C=O) groups is 1. The van der Waals surface area contributed by atoms with E-state index in [1.807, 2.05) is 36.2 Å². The lowest BCUT2D eigenvalue weighted by Gasteiger charge is -2.38. The highest BCUT2D eigenvalue weighted by Gasteiger charge is 2.47. The largest absolute Gasteiger partial charge is 0.344 e. The first-order valence-electron chi connectivity index (χ1n) is 8.97. The number of piperidine rings is 1. The Hall–Kier alpha value is -2.20. The van der Waals surface area contributed by atoms with Gasteiger partial charge in [-0.1, -0.05) is 36.4 Å². The molecule has 4 heteroatoms. The van der Waals surface area contributed by atoms with Gasteiger partial charge in [0.05, 0.1) is 5.54 Å². The number of rotatable bonds is 2. The Morgan fingerprint density at radius 3 is 2.84 bits per heavy atom. The van der Waals surface area contributed by atoms with Crippen molar-refractivity contribution in [1.82, 2.24) is 10.2 Å². The summed E-state index contributed by atoms with van der Waals surface area (Å²) in [5.41, 5.74) is 2.21. The van der Waals surface area contributed by atoms with Crippen molar-refractivity contribution in [3.63, 3.8) is 0 Å². The van der Waals surface area contributed by atoms with E-state index in [0.29, 0.717) is 5.56 Å². The zero-order valence-electron chi connectivity index (χ0n) is 14.5. The molecule has 1 spiro atoms. The molecule has 3 nitrogen and oxygen atoms in total. The number of likely N-dealkylation sites (N-methyl/N-ethyl adjacent to an activating group) is 1. The van der Waals surface area contributed by atoms with Crippen LogP contribution < -0.4 is 5.32 Å². The summed E-state index contributed by atoms with van der Waals surface area (Å²) >= 11 is 0. The molecule has 2 aliphatic rings. The number of benzene rings is 2. The number of hydrogen-bond acceptors (Lipinski definition) is 2. The first kappa shape index (κ1) is 16.3. The molecule has 1 amide bonds. The van der Waals surface area contributed by atoms with Crippen molar-refractivity contribution >= 4 is 5.91 Å². The van der Waals surface area contributed by atoms with Gasteiger partial charge in [0, 0.05) is 25.2 Å². The van der Waals surface area contributed by atoms with Crippen LogP contribution in [0, 0.1) is 5.82 Å². The first-order valence-corrected chi connectivity index (χ1v) is 8.97. The SMILES string of the molecule is CN1CCC[C@@]2(CC[C@@H](c3cccc(-c4ccccc4F)c3)N2)C1=O. The molecule has 2 heterocycles. The third kappa shape index (κ3) is 2.85. The van der Waals surface area contributed by atoms with E-state index in [-0.39, 0.29) is 17.8 Å². The van der Waals surface area contributed by atoms with Gasteiger partial charge in [0.15, 0.2) is 0 Å². The molecule has 25 heavy (non-hydrogen) atoms. The van der Waals surface area contributed by atoms with Crippen molar-refractivity contribution in [2.24, 2.45) is 0 Å².